The van der Waals surface area contributed by atoms with E-state index in [1.165, 1.54) is 16.7 Å². The van der Waals surface area contributed by atoms with Crippen LogP contribution in [0.15, 0.2) is 108 Å². The molecule has 0 atom stereocenters. The van der Waals surface area contributed by atoms with Gasteiger partial charge in [0, 0.05) is 16.0 Å². The molecule has 1 nitrogen and oxygen atoms in total. The zero-order chi connectivity index (χ0) is 20.3. The predicted molar refractivity (Wildman–Crippen MR) is 127 cm³/mol. The Kier molecular flexibility index (Phi) is 4.96. The Balaban J connectivity index is 1.32. The average Bonchev–Trinajstić information content (AvgIpc) is 3.22. The van der Waals surface area contributed by atoms with Gasteiger partial charge in [-0.05, 0) is 46.5 Å². The van der Waals surface area contributed by atoms with Gasteiger partial charge in [-0.1, -0.05) is 103 Å². The lowest BCUT2D eigenvalue weighted by atomic mass is 10.0. The van der Waals surface area contributed by atoms with E-state index in [-0.39, 0.29) is 0 Å². The van der Waals surface area contributed by atoms with Gasteiger partial charge in [0.05, 0.1) is 0 Å². The molecule has 0 fully saturated rings. The minimum Gasteiger partial charge on any atom is -0.456 e. The summed E-state index contributed by atoms with van der Waals surface area (Å²) in [4.78, 5) is 0. The Hall–Kier alpha value is -3.55. The van der Waals surface area contributed by atoms with Crippen molar-refractivity contribution in [3.05, 3.63) is 119 Å². The third-order valence-electron chi connectivity index (χ3n) is 5.16. The summed E-state index contributed by atoms with van der Waals surface area (Å²) in [7, 11) is 0. The molecule has 0 saturated heterocycles. The van der Waals surface area contributed by atoms with Crippen molar-refractivity contribution in [2.24, 2.45) is 0 Å². The maximum absolute atomic E-state index is 6.07. The van der Waals surface area contributed by atoms with Gasteiger partial charge in [0.2, 0.25) is 0 Å². The van der Waals surface area contributed by atoms with Crippen LogP contribution in [0.5, 0.6) is 0 Å². The summed E-state index contributed by atoms with van der Waals surface area (Å²) in [5.74, 6) is 0.847. The van der Waals surface area contributed by atoms with Crippen LogP contribution in [0.1, 0.15) is 11.1 Å². The third kappa shape index (κ3) is 3.94. The van der Waals surface area contributed by atoms with Crippen molar-refractivity contribution in [3.63, 3.8) is 0 Å². The molecule has 0 aliphatic rings. The number of hydrogen-bond donors (Lipinski definition) is 0. The van der Waals surface area contributed by atoms with Gasteiger partial charge >= 0.3 is 0 Å². The molecule has 1 aromatic heterocycles. The fourth-order valence-electron chi connectivity index (χ4n) is 3.52. The smallest absolute Gasteiger partial charge is 0.135 e. The zero-order valence-corrected chi connectivity index (χ0v) is 17.0. The Morgan fingerprint density at radius 1 is 0.567 bits per heavy atom. The van der Waals surface area contributed by atoms with Crippen LogP contribution in [0.3, 0.4) is 0 Å². The van der Waals surface area contributed by atoms with Gasteiger partial charge in [-0.25, -0.2) is 0 Å². The summed E-state index contributed by atoms with van der Waals surface area (Å²) in [5, 5.41) is 1.73. The van der Waals surface area contributed by atoms with Crippen molar-refractivity contribution < 1.29 is 4.42 Å². The molecular weight excluding hydrogens is 388 g/mol. The van der Waals surface area contributed by atoms with Gasteiger partial charge in [-0.15, -0.1) is 0 Å². The van der Waals surface area contributed by atoms with Crippen LogP contribution in [0.4, 0.5) is 0 Å². The van der Waals surface area contributed by atoms with E-state index < -0.39 is 0 Å². The highest BCUT2D eigenvalue weighted by Crippen LogP contribution is 2.30. The van der Waals surface area contributed by atoms with Crippen molar-refractivity contribution in [2.75, 3.05) is 0 Å². The van der Waals surface area contributed by atoms with Crippen molar-refractivity contribution in [1.82, 2.24) is 0 Å². The summed E-state index contributed by atoms with van der Waals surface area (Å²) in [5.41, 5.74) is 6.67. The van der Waals surface area contributed by atoms with Crippen molar-refractivity contribution >= 4 is 34.7 Å². The molecule has 0 saturated carbocycles. The molecule has 0 N–H and O–H groups in total. The number of hydrogen-bond acceptors (Lipinski definition) is 1. The first-order chi connectivity index (χ1) is 14.7. The first kappa shape index (κ1) is 18.5. The molecule has 0 bridgehead atoms. The van der Waals surface area contributed by atoms with Crippen molar-refractivity contribution in [1.29, 1.82) is 0 Å². The van der Waals surface area contributed by atoms with Gasteiger partial charge in [-0.2, -0.15) is 0 Å². The van der Waals surface area contributed by atoms with E-state index in [0.29, 0.717) is 5.02 Å². The molecule has 5 rings (SSSR count). The lowest BCUT2D eigenvalue weighted by Crippen LogP contribution is -1.78. The highest BCUT2D eigenvalue weighted by molar-refractivity contribution is 6.31. The molecular formula is C28H19ClO. The van der Waals surface area contributed by atoms with E-state index in [1.54, 1.807) is 0 Å². The van der Waals surface area contributed by atoms with E-state index in [1.807, 2.05) is 30.3 Å². The fourth-order valence-corrected chi connectivity index (χ4v) is 3.71. The topological polar surface area (TPSA) is 13.1 Å². The molecule has 0 spiro atoms. The molecule has 5 aromatic rings. The molecule has 2 heteroatoms. The maximum Gasteiger partial charge on any atom is 0.135 e. The van der Waals surface area contributed by atoms with E-state index in [0.717, 1.165) is 27.9 Å². The second kappa shape index (κ2) is 8.06. The third-order valence-corrected chi connectivity index (χ3v) is 5.39. The molecule has 1 heterocycles. The quantitative estimate of drug-likeness (QED) is 0.272. The number of furan rings is 1. The maximum atomic E-state index is 6.07. The summed E-state index contributed by atoms with van der Waals surface area (Å²) < 4.78 is 5.95. The van der Waals surface area contributed by atoms with E-state index in [4.69, 9.17) is 16.0 Å². The highest BCUT2D eigenvalue weighted by atomic mass is 35.5. The monoisotopic (exact) mass is 406 g/mol. The predicted octanol–water partition coefficient (Wildman–Crippen LogP) is 8.59. The molecule has 0 radical (unpaired) electrons. The van der Waals surface area contributed by atoms with Crippen LogP contribution >= 0.6 is 11.6 Å². The van der Waals surface area contributed by atoms with Gasteiger partial charge < -0.3 is 4.42 Å². The number of halogens is 1. The van der Waals surface area contributed by atoms with Crippen LogP contribution in [-0.4, -0.2) is 0 Å². The first-order valence-corrected chi connectivity index (χ1v) is 10.3. The Bertz CT molecular complexity index is 1310. The van der Waals surface area contributed by atoms with Crippen LogP contribution in [0.25, 0.3) is 45.6 Å². The molecule has 0 amide bonds. The average molecular weight is 407 g/mol. The van der Waals surface area contributed by atoms with Crippen molar-refractivity contribution in [2.45, 2.75) is 0 Å². The van der Waals surface area contributed by atoms with Gasteiger partial charge in [0.25, 0.3) is 0 Å². The number of fused-ring (bicyclic) bond motifs is 1. The Morgan fingerprint density at radius 2 is 1.17 bits per heavy atom. The SMILES string of the molecule is Clc1ccc2oc(-c3ccc(C=Cc4ccc(-c5ccccc5)cc4)cc3)cc2c1. The Labute approximate surface area is 180 Å². The molecule has 0 aliphatic carbocycles. The van der Waals surface area contributed by atoms with E-state index in [2.05, 4.69) is 84.9 Å². The second-order valence-electron chi connectivity index (χ2n) is 7.24. The lowest BCUT2D eigenvalue weighted by Gasteiger charge is -2.02. The van der Waals surface area contributed by atoms with Gasteiger partial charge in [-0.3, -0.25) is 0 Å². The van der Waals surface area contributed by atoms with Crippen LogP contribution in [-0.2, 0) is 0 Å². The lowest BCUT2D eigenvalue weighted by molar-refractivity contribution is 0.631. The molecule has 0 aliphatic heterocycles. The number of rotatable bonds is 4. The molecule has 0 unspecified atom stereocenters. The standard InChI is InChI=1S/C28H19ClO/c29-26-16-17-27-25(18-26)19-28(30-27)24-14-10-21(11-15-24)7-6-20-8-12-23(13-9-20)22-4-2-1-3-5-22/h1-19H. The molecule has 144 valence electrons. The summed E-state index contributed by atoms with van der Waals surface area (Å²) in [6.45, 7) is 0. The van der Waals surface area contributed by atoms with E-state index in [9.17, 15) is 0 Å². The van der Waals surface area contributed by atoms with Crippen molar-refractivity contribution in [3.8, 4) is 22.5 Å². The minimum absolute atomic E-state index is 0.715. The number of benzene rings is 4. The summed E-state index contributed by atoms with van der Waals surface area (Å²) in [6.07, 6.45) is 4.26. The Morgan fingerprint density at radius 3 is 1.83 bits per heavy atom. The van der Waals surface area contributed by atoms with Gasteiger partial charge in [0.1, 0.15) is 11.3 Å². The zero-order valence-electron chi connectivity index (χ0n) is 16.3. The normalized spacial score (nSPS) is 11.4. The second-order valence-corrected chi connectivity index (χ2v) is 7.67. The largest absolute Gasteiger partial charge is 0.456 e. The molecule has 4 aromatic carbocycles. The summed E-state index contributed by atoms with van der Waals surface area (Å²) in [6, 6.07) is 35.1. The van der Waals surface area contributed by atoms with Gasteiger partial charge in [0.15, 0.2) is 0 Å². The van der Waals surface area contributed by atoms with Crippen LogP contribution < -0.4 is 0 Å². The minimum atomic E-state index is 0.715. The first-order valence-electron chi connectivity index (χ1n) is 9.88. The highest BCUT2D eigenvalue weighted by Gasteiger charge is 2.06. The summed E-state index contributed by atoms with van der Waals surface area (Å²) >= 11 is 6.07. The van der Waals surface area contributed by atoms with E-state index >= 15 is 0 Å². The molecule has 30 heavy (non-hydrogen) atoms. The fraction of sp³-hybridized carbons (Fsp3) is 0. The van der Waals surface area contributed by atoms with Crippen LogP contribution in [0.2, 0.25) is 5.02 Å². The van der Waals surface area contributed by atoms with Crippen LogP contribution in [0, 0.1) is 0 Å².